The number of benzene rings is 2. The Morgan fingerprint density at radius 1 is 1.03 bits per heavy atom. The van der Waals surface area contributed by atoms with Gasteiger partial charge in [0.2, 0.25) is 10.0 Å². The lowest BCUT2D eigenvalue weighted by Gasteiger charge is -2.23. The van der Waals surface area contributed by atoms with E-state index >= 15 is 0 Å². The Morgan fingerprint density at radius 2 is 1.78 bits per heavy atom. The first-order valence-electron chi connectivity index (χ1n) is 9.46. The number of hydrogen-bond donors (Lipinski definition) is 2. The zero-order chi connectivity index (χ0) is 22.9. The van der Waals surface area contributed by atoms with Crippen LogP contribution in [0.4, 0.5) is 5.69 Å². The number of nitrogens with one attached hydrogen (secondary N) is 2. The Labute approximate surface area is 186 Å². The molecule has 1 atom stereocenters. The number of anilines is 1. The minimum absolute atomic E-state index is 0.0736. The minimum atomic E-state index is -3.98. The van der Waals surface area contributed by atoms with Gasteiger partial charge in [-0.1, -0.05) is 16.5 Å². The Kier molecular flexibility index (Phi) is 5.71. The molecule has 4 rings (SSSR count). The van der Waals surface area contributed by atoms with Crippen molar-refractivity contribution in [3.8, 4) is 5.75 Å². The summed E-state index contributed by atoms with van der Waals surface area (Å²) in [6, 6.07) is 15.3. The number of hydrazine groups is 1. The molecule has 0 amide bonds. The van der Waals surface area contributed by atoms with Crippen LogP contribution in [0.25, 0.3) is 5.70 Å². The first-order valence-corrected chi connectivity index (χ1v) is 12.8. The normalized spacial score (nSPS) is 16.9. The van der Waals surface area contributed by atoms with E-state index < -0.39 is 26.1 Å². The molecule has 2 N–H and O–H groups in total. The third-order valence-electron chi connectivity index (χ3n) is 4.74. The molecular weight excluding hydrogens is 454 g/mol. The fourth-order valence-electron chi connectivity index (χ4n) is 3.30. The van der Waals surface area contributed by atoms with Crippen LogP contribution in [0.3, 0.4) is 0 Å². The lowest BCUT2D eigenvalue weighted by molar-refractivity contribution is 0.310. The highest BCUT2D eigenvalue weighted by Crippen LogP contribution is 2.36. The predicted molar refractivity (Wildman–Crippen MR) is 119 cm³/mol. The van der Waals surface area contributed by atoms with Crippen LogP contribution in [0, 0.1) is 0 Å². The molecular formula is C21H21N3O6S2. The highest BCUT2D eigenvalue weighted by molar-refractivity contribution is 7.92. The SMILES string of the molecule is COc1ccc(S(=O)(=O)N2NC(c3cccc(NS(C)(=O)=O)c3)=CC2c2ccco2)cc1. The Balaban J connectivity index is 1.72. The van der Waals surface area contributed by atoms with Crippen molar-refractivity contribution in [1.29, 1.82) is 0 Å². The van der Waals surface area contributed by atoms with Crippen LogP contribution in [-0.4, -0.2) is 34.6 Å². The third-order valence-corrected chi connectivity index (χ3v) is 7.05. The molecule has 11 heteroatoms. The molecule has 1 aliphatic heterocycles. The Bertz CT molecular complexity index is 1350. The Morgan fingerprint density at radius 3 is 2.41 bits per heavy atom. The van der Waals surface area contributed by atoms with Crippen molar-refractivity contribution in [2.75, 3.05) is 18.1 Å². The van der Waals surface area contributed by atoms with Crippen LogP contribution in [0.5, 0.6) is 5.75 Å². The summed E-state index contributed by atoms with van der Waals surface area (Å²) in [7, 11) is -5.94. The number of furan rings is 1. The minimum Gasteiger partial charge on any atom is -0.497 e. The van der Waals surface area contributed by atoms with Crippen LogP contribution in [0.1, 0.15) is 17.4 Å². The van der Waals surface area contributed by atoms with Crippen molar-refractivity contribution in [1.82, 2.24) is 9.84 Å². The molecule has 2 aromatic carbocycles. The van der Waals surface area contributed by atoms with Gasteiger partial charge in [0.1, 0.15) is 17.6 Å². The van der Waals surface area contributed by atoms with Gasteiger partial charge in [-0.2, -0.15) is 0 Å². The molecule has 2 heterocycles. The second-order valence-electron chi connectivity index (χ2n) is 7.08. The molecule has 0 saturated carbocycles. The number of nitrogens with zero attached hydrogens (tertiary/aromatic N) is 1. The largest absolute Gasteiger partial charge is 0.497 e. The molecule has 1 aliphatic rings. The highest BCUT2D eigenvalue weighted by Gasteiger charge is 2.38. The van der Waals surface area contributed by atoms with Gasteiger partial charge >= 0.3 is 0 Å². The quantitative estimate of drug-likeness (QED) is 0.539. The number of rotatable bonds is 7. The standard InChI is InChI=1S/C21H21N3O6S2/c1-29-17-8-10-18(11-9-17)32(27,28)24-20(21-7-4-12-30-21)14-19(22-24)15-5-3-6-16(13-15)23-31(2,25)26/h3-14,20,22-23H,1-2H3. The van der Waals surface area contributed by atoms with E-state index in [0.717, 1.165) is 10.7 Å². The van der Waals surface area contributed by atoms with Crippen LogP contribution in [-0.2, 0) is 20.0 Å². The van der Waals surface area contributed by atoms with E-state index in [1.807, 2.05) is 0 Å². The van der Waals surface area contributed by atoms with Crippen LogP contribution >= 0.6 is 0 Å². The summed E-state index contributed by atoms with van der Waals surface area (Å²) in [6.45, 7) is 0. The molecule has 1 unspecified atom stereocenters. The summed E-state index contributed by atoms with van der Waals surface area (Å²) >= 11 is 0. The fraction of sp³-hybridized carbons (Fsp3) is 0.143. The molecule has 0 spiro atoms. The number of ether oxygens (including phenoxy) is 1. The van der Waals surface area contributed by atoms with Gasteiger partial charge in [0.05, 0.1) is 30.2 Å². The van der Waals surface area contributed by atoms with E-state index in [2.05, 4.69) is 10.1 Å². The van der Waals surface area contributed by atoms with Gasteiger partial charge in [0.15, 0.2) is 0 Å². The van der Waals surface area contributed by atoms with Crippen molar-refractivity contribution in [3.05, 3.63) is 84.3 Å². The van der Waals surface area contributed by atoms with E-state index in [0.29, 0.717) is 28.5 Å². The second-order valence-corrected chi connectivity index (χ2v) is 10.6. The summed E-state index contributed by atoms with van der Waals surface area (Å²) in [4.78, 5) is 0.0736. The number of hydrogen-bond acceptors (Lipinski definition) is 7. The summed E-state index contributed by atoms with van der Waals surface area (Å²) in [5.41, 5.74) is 4.39. The molecule has 0 bridgehead atoms. The average Bonchev–Trinajstić information content (AvgIpc) is 3.43. The highest BCUT2D eigenvalue weighted by atomic mass is 32.2. The summed E-state index contributed by atoms with van der Waals surface area (Å²) < 4.78 is 64.1. The zero-order valence-corrected chi connectivity index (χ0v) is 18.9. The van der Waals surface area contributed by atoms with Gasteiger partial charge in [0.25, 0.3) is 10.0 Å². The zero-order valence-electron chi connectivity index (χ0n) is 17.2. The first kappa shape index (κ1) is 21.9. The Hall–Kier alpha value is -3.28. The van der Waals surface area contributed by atoms with Crippen molar-refractivity contribution < 1.29 is 26.0 Å². The van der Waals surface area contributed by atoms with E-state index in [4.69, 9.17) is 9.15 Å². The molecule has 0 radical (unpaired) electrons. The smallest absolute Gasteiger partial charge is 0.260 e. The third kappa shape index (κ3) is 4.49. The maximum atomic E-state index is 13.4. The lowest BCUT2D eigenvalue weighted by atomic mass is 10.1. The first-order chi connectivity index (χ1) is 15.2. The van der Waals surface area contributed by atoms with Gasteiger partial charge in [-0.3, -0.25) is 4.72 Å². The maximum absolute atomic E-state index is 13.4. The maximum Gasteiger partial charge on any atom is 0.260 e. The monoisotopic (exact) mass is 475 g/mol. The van der Waals surface area contributed by atoms with Crippen LogP contribution < -0.4 is 14.9 Å². The van der Waals surface area contributed by atoms with Gasteiger partial charge in [-0.05, 0) is 54.6 Å². The number of methoxy groups -OCH3 is 1. The van der Waals surface area contributed by atoms with Crippen molar-refractivity contribution in [3.63, 3.8) is 0 Å². The molecule has 0 fully saturated rings. The van der Waals surface area contributed by atoms with Crippen molar-refractivity contribution >= 4 is 31.4 Å². The van der Waals surface area contributed by atoms with Gasteiger partial charge in [-0.25, -0.2) is 16.8 Å². The predicted octanol–water partition coefficient (Wildman–Crippen LogP) is 2.95. The molecule has 9 nitrogen and oxygen atoms in total. The van der Waals surface area contributed by atoms with E-state index in [1.54, 1.807) is 54.6 Å². The molecule has 168 valence electrons. The summed E-state index contributed by atoms with van der Waals surface area (Å²) in [6.07, 6.45) is 4.23. The molecule has 3 aromatic rings. The topological polar surface area (TPSA) is 118 Å². The fourth-order valence-corrected chi connectivity index (χ4v) is 5.25. The molecule has 1 aromatic heterocycles. The average molecular weight is 476 g/mol. The molecule has 0 saturated heterocycles. The van der Waals surface area contributed by atoms with E-state index in [-0.39, 0.29) is 4.90 Å². The summed E-state index contributed by atoms with van der Waals surface area (Å²) in [5, 5.41) is 0. The molecule has 32 heavy (non-hydrogen) atoms. The van der Waals surface area contributed by atoms with E-state index in [9.17, 15) is 16.8 Å². The lowest BCUT2D eigenvalue weighted by Crippen LogP contribution is -2.39. The van der Waals surface area contributed by atoms with Gasteiger partial charge in [0, 0.05) is 11.3 Å². The van der Waals surface area contributed by atoms with E-state index in [1.165, 1.54) is 25.5 Å². The second kappa shape index (κ2) is 8.34. The van der Waals surface area contributed by atoms with Crippen molar-refractivity contribution in [2.45, 2.75) is 10.9 Å². The molecule has 0 aliphatic carbocycles. The number of sulfonamides is 2. The van der Waals surface area contributed by atoms with Crippen LogP contribution in [0.2, 0.25) is 0 Å². The van der Waals surface area contributed by atoms with Gasteiger partial charge < -0.3 is 14.6 Å². The van der Waals surface area contributed by atoms with Crippen LogP contribution in [0.15, 0.2) is 82.3 Å². The van der Waals surface area contributed by atoms with Crippen molar-refractivity contribution in [2.24, 2.45) is 0 Å². The van der Waals surface area contributed by atoms with Gasteiger partial charge in [-0.15, -0.1) is 0 Å². The summed E-state index contributed by atoms with van der Waals surface area (Å²) in [5.74, 6) is 0.963.